The van der Waals surface area contributed by atoms with Gasteiger partial charge < -0.3 is 0 Å². The number of thiazole rings is 1. The Morgan fingerprint density at radius 2 is 1.52 bits per heavy atom. The fraction of sp³-hybridized carbons (Fsp3) is 0.0455. The SMILES string of the molecule is CS(=O)(=O)c1ccccc1-c1nc(-c2ccccc2Cl)sc1-c1ccc(Br)cc1. The first-order valence-corrected chi connectivity index (χ1v) is 12.5. The molecule has 0 saturated heterocycles. The average Bonchev–Trinajstić information content (AvgIpc) is 3.13. The third kappa shape index (κ3) is 4.16. The smallest absolute Gasteiger partial charge is 0.176 e. The van der Waals surface area contributed by atoms with E-state index in [1.54, 1.807) is 18.2 Å². The molecule has 0 bridgehead atoms. The first kappa shape index (κ1) is 20.3. The van der Waals surface area contributed by atoms with Crippen LogP contribution in [0.4, 0.5) is 0 Å². The van der Waals surface area contributed by atoms with Gasteiger partial charge in [0.05, 0.1) is 20.5 Å². The monoisotopic (exact) mass is 503 g/mol. The van der Waals surface area contributed by atoms with Crippen LogP contribution in [0.2, 0.25) is 5.02 Å². The molecule has 0 fully saturated rings. The Balaban J connectivity index is 2.01. The minimum absolute atomic E-state index is 0.259. The standard InChI is InChI=1S/C22H15BrClNO2S2/c1-29(26,27)19-9-5-3-7-17(19)20-21(14-10-12-15(23)13-11-14)28-22(25-20)16-6-2-4-8-18(16)24/h2-13H,1H3. The van der Waals surface area contributed by atoms with E-state index in [1.807, 2.05) is 54.6 Å². The quantitative estimate of drug-likeness (QED) is 0.302. The number of rotatable bonds is 4. The van der Waals surface area contributed by atoms with Gasteiger partial charge >= 0.3 is 0 Å². The second-order valence-corrected chi connectivity index (χ2v) is 10.8. The fourth-order valence-corrected chi connectivity index (χ4v) is 5.60. The van der Waals surface area contributed by atoms with Gasteiger partial charge in [0, 0.05) is 21.9 Å². The maximum Gasteiger partial charge on any atom is 0.176 e. The van der Waals surface area contributed by atoms with Gasteiger partial charge in [-0.05, 0) is 29.8 Å². The summed E-state index contributed by atoms with van der Waals surface area (Å²) in [5.41, 5.74) is 3.00. The molecule has 0 amide bonds. The minimum atomic E-state index is -3.42. The van der Waals surface area contributed by atoms with Crippen LogP contribution in [0, 0.1) is 0 Å². The Hall–Kier alpha value is -1.99. The lowest BCUT2D eigenvalue weighted by Gasteiger charge is -2.08. The molecule has 7 heteroatoms. The van der Waals surface area contributed by atoms with E-state index in [0.29, 0.717) is 16.3 Å². The van der Waals surface area contributed by atoms with Gasteiger partial charge in [0.1, 0.15) is 5.01 Å². The van der Waals surface area contributed by atoms with E-state index in [4.69, 9.17) is 16.6 Å². The number of hydrogen-bond donors (Lipinski definition) is 0. The van der Waals surface area contributed by atoms with Gasteiger partial charge in [-0.2, -0.15) is 0 Å². The van der Waals surface area contributed by atoms with Gasteiger partial charge in [-0.1, -0.05) is 76.1 Å². The van der Waals surface area contributed by atoms with Crippen LogP contribution in [-0.4, -0.2) is 19.7 Å². The number of halogens is 2. The summed E-state index contributed by atoms with van der Waals surface area (Å²) in [6.07, 6.45) is 1.21. The predicted octanol–water partition coefficient (Wildman–Crippen LogP) is 6.96. The van der Waals surface area contributed by atoms with Crippen LogP contribution < -0.4 is 0 Å². The van der Waals surface area contributed by atoms with Crippen molar-refractivity contribution < 1.29 is 8.42 Å². The van der Waals surface area contributed by atoms with Gasteiger partial charge in [0.25, 0.3) is 0 Å². The first-order valence-electron chi connectivity index (χ1n) is 8.66. The molecule has 0 atom stereocenters. The van der Waals surface area contributed by atoms with E-state index in [9.17, 15) is 8.42 Å². The summed E-state index contributed by atoms with van der Waals surface area (Å²) in [6, 6.07) is 22.4. The van der Waals surface area contributed by atoms with Crippen LogP contribution in [0.5, 0.6) is 0 Å². The molecule has 0 aliphatic carbocycles. The zero-order chi connectivity index (χ0) is 20.6. The summed E-state index contributed by atoms with van der Waals surface area (Å²) in [4.78, 5) is 5.99. The van der Waals surface area contributed by atoms with E-state index < -0.39 is 9.84 Å². The Labute approximate surface area is 187 Å². The van der Waals surface area contributed by atoms with E-state index >= 15 is 0 Å². The van der Waals surface area contributed by atoms with Crippen molar-refractivity contribution in [1.29, 1.82) is 0 Å². The molecule has 0 spiro atoms. The molecule has 29 heavy (non-hydrogen) atoms. The van der Waals surface area contributed by atoms with Crippen molar-refractivity contribution in [3.63, 3.8) is 0 Å². The molecular formula is C22H15BrClNO2S2. The van der Waals surface area contributed by atoms with Gasteiger partial charge in [-0.25, -0.2) is 13.4 Å². The summed E-state index contributed by atoms with van der Waals surface area (Å²) >= 11 is 11.4. The molecule has 0 aliphatic heterocycles. The highest BCUT2D eigenvalue weighted by atomic mass is 79.9. The van der Waals surface area contributed by atoms with Crippen molar-refractivity contribution in [2.45, 2.75) is 4.90 Å². The largest absolute Gasteiger partial charge is 0.235 e. The van der Waals surface area contributed by atoms with Crippen LogP contribution in [0.3, 0.4) is 0 Å². The molecule has 3 aromatic carbocycles. The Morgan fingerprint density at radius 1 is 0.897 bits per heavy atom. The summed E-state index contributed by atoms with van der Waals surface area (Å²) in [5.74, 6) is 0. The topological polar surface area (TPSA) is 47.0 Å². The summed E-state index contributed by atoms with van der Waals surface area (Å²) in [7, 11) is -3.42. The molecule has 0 aliphatic rings. The maximum atomic E-state index is 12.4. The molecule has 1 heterocycles. The first-order chi connectivity index (χ1) is 13.8. The fourth-order valence-electron chi connectivity index (χ4n) is 3.04. The molecule has 4 aromatic rings. The van der Waals surface area contributed by atoms with E-state index in [1.165, 1.54) is 17.6 Å². The normalized spacial score (nSPS) is 11.6. The lowest BCUT2D eigenvalue weighted by Crippen LogP contribution is -2.00. The zero-order valence-corrected chi connectivity index (χ0v) is 19.2. The number of nitrogens with zero attached hydrogens (tertiary/aromatic N) is 1. The van der Waals surface area contributed by atoms with Crippen molar-refractivity contribution >= 4 is 48.7 Å². The highest BCUT2D eigenvalue weighted by Crippen LogP contribution is 2.43. The number of benzene rings is 3. The molecule has 0 radical (unpaired) electrons. The minimum Gasteiger partial charge on any atom is -0.235 e. The van der Waals surface area contributed by atoms with Crippen LogP contribution in [0.15, 0.2) is 82.2 Å². The molecule has 3 nitrogen and oxygen atoms in total. The van der Waals surface area contributed by atoms with E-state index in [0.717, 1.165) is 25.5 Å². The third-order valence-corrected chi connectivity index (χ3v) is 7.53. The van der Waals surface area contributed by atoms with Crippen molar-refractivity contribution in [3.8, 4) is 32.3 Å². The second-order valence-electron chi connectivity index (χ2n) is 6.45. The van der Waals surface area contributed by atoms with Crippen molar-refractivity contribution in [2.24, 2.45) is 0 Å². The van der Waals surface area contributed by atoms with Gasteiger partial charge in [-0.15, -0.1) is 11.3 Å². The highest BCUT2D eigenvalue weighted by Gasteiger charge is 2.22. The Bertz CT molecular complexity index is 1300. The van der Waals surface area contributed by atoms with Crippen LogP contribution in [-0.2, 0) is 9.84 Å². The van der Waals surface area contributed by atoms with Gasteiger partial charge in [-0.3, -0.25) is 0 Å². The molecule has 0 unspecified atom stereocenters. The van der Waals surface area contributed by atoms with E-state index in [-0.39, 0.29) is 4.90 Å². The highest BCUT2D eigenvalue weighted by molar-refractivity contribution is 9.10. The Morgan fingerprint density at radius 3 is 2.17 bits per heavy atom. The van der Waals surface area contributed by atoms with Crippen molar-refractivity contribution in [3.05, 3.63) is 82.3 Å². The summed E-state index contributed by atoms with van der Waals surface area (Å²) in [5, 5.41) is 1.35. The van der Waals surface area contributed by atoms with Crippen molar-refractivity contribution in [1.82, 2.24) is 4.98 Å². The van der Waals surface area contributed by atoms with Crippen LogP contribution in [0.25, 0.3) is 32.3 Å². The molecule has 1 aromatic heterocycles. The second kappa shape index (κ2) is 8.03. The molecule has 0 N–H and O–H groups in total. The number of hydrogen-bond acceptors (Lipinski definition) is 4. The molecule has 0 saturated carbocycles. The zero-order valence-electron chi connectivity index (χ0n) is 15.3. The summed E-state index contributed by atoms with van der Waals surface area (Å²) in [6.45, 7) is 0. The number of aromatic nitrogens is 1. The number of sulfone groups is 1. The lowest BCUT2D eigenvalue weighted by molar-refractivity contribution is 0.602. The maximum absolute atomic E-state index is 12.4. The van der Waals surface area contributed by atoms with Crippen LogP contribution >= 0.6 is 38.9 Å². The predicted molar refractivity (Wildman–Crippen MR) is 124 cm³/mol. The van der Waals surface area contributed by atoms with Crippen molar-refractivity contribution in [2.75, 3.05) is 6.26 Å². The third-order valence-electron chi connectivity index (χ3n) is 4.38. The van der Waals surface area contributed by atoms with E-state index in [2.05, 4.69) is 15.9 Å². The van der Waals surface area contributed by atoms with Crippen LogP contribution in [0.1, 0.15) is 0 Å². The molecule has 4 rings (SSSR count). The Kier molecular flexibility index (Phi) is 5.62. The van der Waals surface area contributed by atoms with Gasteiger partial charge in [0.2, 0.25) is 0 Å². The molecular weight excluding hydrogens is 490 g/mol. The lowest BCUT2D eigenvalue weighted by atomic mass is 10.1. The van der Waals surface area contributed by atoms with Gasteiger partial charge in [0.15, 0.2) is 9.84 Å². The summed E-state index contributed by atoms with van der Waals surface area (Å²) < 4.78 is 25.8. The molecule has 146 valence electrons. The average molecular weight is 505 g/mol.